The first-order valence-electron chi connectivity index (χ1n) is 11.1. The highest BCUT2D eigenvalue weighted by atomic mass is 35.5. The van der Waals surface area contributed by atoms with Gasteiger partial charge in [0, 0.05) is 10.6 Å². The highest BCUT2D eigenvalue weighted by molar-refractivity contribution is 6.36. The van der Waals surface area contributed by atoms with E-state index >= 15 is 0 Å². The number of Topliss-reactive ketones (excluding diaryl/α,β-unsaturated/α-hetero) is 1. The number of ether oxygens (including phenoxy) is 1. The van der Waals surface area contributed by atoms with Crippen LogP contribution in [0.15, 0.2) is 42.5 Å². The number of hydrogen-bond donors (Lipinski definition) is 0. The van der Waals surface area contributed by atoms with Crippen LogP contribution < -0.4 is 4.74 Å². The number of ketones is 1. The monoisotopic (exact) mass is 502 g/mol. The maximum atomic E-state index is 13.7. The van der Waals surface area contributed by atoms with Crippen molar-refractivity contribution in [1.29, 1.82) is 0 Å². The molecular weight excluding hydrogens is 479 g/mol. The molecule has 2 aromatic rings. The fourth-order valence-corrected chi connectivity index (χ4v) is 5.18. The predicted molar refractivity (Wildman–Crippen MR) is 127 cm³/mol. The fraction of sp³-hybridized carbons (Fsp3) is 0.360. The molecular formula is C25H24Cl2N2O5. The molecule has 0 radical (unpaired) electrons. The largest absolute Gasteiger partial charge is 0.497 e. The Morgan fingerprint density at radius 3 is 2.12 bits per heavy atom. The fourth-order valence-electron chi connectivity index (χ4n) is 4.69. The van der Waals surface area contributed by atoms with Crippen molar-refractivity contribution in [2.45, 2.75) is 38.6 Å². The number of hydrogen-bond acceptors (Lipinski definition) is 5. The minimum atomic E-state index is -1.15. The van der Waals surface area contributed by atoms with Gasteiger partial charge in [0.2, 0.25) is 0 Å². The van der Waals surface area contributed by atoms with Gasteiger partial charge < -0.3 is 4.74 Å². The molecule has 9 heteroatoms. The van der Waals surface area contributed by atoms with Crippen molar-refractivity contribution in [3.63, 3.8) is 0 Å². The number of fused-ring (bicyclic) bond motifs is 1. The van der Waals surface area contributed by atoms with Gasteiger partial charge in [0.15, 0.2) is 5.78 Å². The molecule has 34 heavy (non-hydrogen) atoms. The number of halogens is 2. The summed E-state index contributed by atoms with van der Waals surface area (Å²) in [4.78, 5) is 53.8. The maximum Gasteiger partial charge on any atom is 0.275 e. The minimum absolute atomic E-state index is 0.0379. The number of amides is 3. The van der Waals surface area contributed by atoms with Gasteiger partial charge in [-0.1, -0.05) is 36.0 Å². The Kier molecular flexibility index (Phi) is 6.96. The van der Waals surface area contributed by atoms with Crippen LogP contribution in [0, 0.1) is 11.8 Å². The van der Waals surface area contributed by atoms with E-state index in [1.54, 1.807) is 24.3 Å². The smallest absolute Gasteiger partial charge is 0.275 e. The van der Waals surface area contributed by atoms with Crippen molar-refractivity contribution in [2.24, 2.45) is 11.8 Å². The van der Waals surface area contributed by atoms with Crippen molar-refractivity contribution < 1.29 is 23.9 Å². The molecule has 3 atom stereocenters. The minimum Gasteiger partial charge on any atom is -0.497 e. The molecule has 3 amide bonds. The molecule has 2 fully saturated rings. The molecule has 1 aliphatic carbocycles. The first kappa shape index (κ1) is 24.2. The Morgan fingerprint density at radius 2 is 1.59 bits per heavy atom. The first-order chi connectivity index (χ1) is 16.2. The molecule has 0 bridgehead atoms. The zero-order valence-corrected chi connectivity index (χ0v) is 20.3. The molecule has 0 unspecified atom stereocenters. The van der Waals surface area contributed by atoms with Crippen molar-refractivity contribution >= 4 is 46.7 Å². The van der Waals surface area contributed by atoms with E-state index in [0.717, 1.165) is 22.9 Å². The molecule has 0 spiro atoms. The van der Waals surface area contributed by atoms with Crippen molar-refractivity contribution in [3.8, 4) is 5.75 Å². The van der Waals surface area contributed by atoms with E-state index < -0.39 is 41.4 Å². The average molecular weight is 503 g/mol. The van der Waals surface area contributed by atoms with Crippen molar-refractivity contribution in [1.82, 2.24) is 10.0 Å². The number of imide groups is 1. The molecule has 4 rings (SSSR count). The summed E-state index contributed by atoms with van der Waals surface area (Å²) in [6.45, 7) is 1.50. The SMILES string of the molecule is COc1ccc(C(=O)[C@H](C)N(C(=O)c2ccc(Cl)cc2Cl)N2C(=O)[C@H]3CCCC[C@H]3C2=O)cc1. The molecule has 0 N–H and O–H groups in total. The van der Waals surface area contributed by atoms with Gasteiger partial charge in [0.1, 0.15) is 11.8 Å². The van der Waals surface area contributed by atoms with Crippen LogP contribution in [-0.2, 0) is 9.59 Å². The molecule has 1 heterocycles. The lowest BCUT2D eigenvalue weighted by atomic mass is 9.81. The number of carbonyl (C=O) groups excluding carboxylic acids is 4. The van der Waals surface area contributed by atoms with Crippen LogP contribution in [-0.4, -0.2) is 46.7 Å². The Bertz CT molecular complexity index is 1130. The molecule has 178 valence electrons. The third-order valence-corrected chi connectivity index (χ3v) is 7.07. The van der Waals surface area contributed by atoms with Crippen LogP contribution in [0.3, 0.4) is 0 Å². The standard InChI is InChI=1S/C25H24Cl2N2O5/c1-14(22(30)15-7-10-17(34-2)11-8-15)28(25(33)20-12-9-16(26)13-21(20)27)29-23(31)18-5-3-4-6-19(18)24(29)32/h7-14,18-19H,3-6H2,1-2H3/t14-,18-,19+/m0/s1. The summed E-state index contributed by atoms with van der Waals surface area (Å²) in [5.41, 5.74) is 0.348. The van der Waals surface area contributed by atoms with Crippen LogP contribution in [0.2, 0.25) is 10.0 Å². The maximum absolute atomic E-state index is 13.7. The van der Waals surface area contributed by atoms with Gasteiger partial charge in [-0.05, 0) is 62.2 Å². The summed E-state index contributed by atoms with van der Waals surface area (Å²) < 4.78 is 5.14. The Balaban J connectivity index is 1.75. The van der Waals surface area contributed by atoms with Crippen LogP contribution >= 0.6 is 23.2 Å². The van der Waals surface area contributed by atoms with E-state index in [2.05, 4.69) is 0 Å². The summed E-state index contributed by atoms with van der Waals surface area (Å²) >= 11 is 12.3. The summed E-state index contributed by atoms with van der Waals surface area (Å²) in [6, 6.07) is 9.56. The summed E-state index contributed by atoms with van der Waals surface area (Å²) in [6.07, 6.45) is 2.84. The zero-order chi connectivity index (χ0) is 24.6. The zero-order valence-electron chi connectivity index (χ0n) is 18.8. The van der Waals surface area contributed by atoms with Crippen molar-refractivity contribution in [2.75, 3.05) is 7.11 Å². The highest BCUT2D eigenvalue weighted by Crippen LogP contribution is 2.40. The third kappa shape index (κ3) is 4.30. The van der Waals surface area contributed by atoms with Gasteiger partial charge in [0.05, 0.1) is 29.5 Å². The van der Waals surface area contributed by atoms with Crippen LogP contribution in [0.1, 0.15) is 53.3 Å². The first-order valence-corrected chi connectivity index (χ1v) is 11.8. The molecule has 1 saturated carbocycles. The number of nitrogens with zero attached hydrogens (tertiary/aromatic N) is 2. The second kappa shape index (κ2) is 9.76. The quantitative estimate of drug-likeness (QED) is 0.418. The average Bonchev–Trinajstić information content (AvgIpc) is 3.09. The van der Waals surface area contributed by atoms with Gasteiger partial charge in [-0.3, -0.25) is 19.2 Å². The van der Waals surface area contributed by atoms with Gasteiger partial charge in [0.25, 0.3) is 17.7 Å². The topological polar surface area (TPSA) is 84.0 Å². The molecule has 7 nitrogen and oxygen atoms in total. The molecule has 1 saturated heterocycles. The lowest BCUT2D eigenvalue weighted by Gasteiger charge is -2.35. The molecule has 0 aromatic heterocycles. The molecule has 1 aliphatic heterocycles. The number of methoxy groups -OCH3 is 1. The normalized spacial score (nSPS) is 20.6. The van der Waals surface area contributed by atoms with Gasteiger partial charge >= 0.3 is 0 Å². The summed E-state index contributed by atoms with van der Waals surface area (Å²) in [5, 5.41) is 2.22. The highest BCUT2D eigenvalue weighted by Gasteiger charge is 2.53. The lowest BCUT2D eigenvalue weighted by Crippen LogP contribution is -2.56. The van der Waals surface area contributed by atoms with E-state index in [0.29, 0.717) is 29.2 Å². The number of benzene rings is 2. The van der Waals surface area contributed by atoms with Crippen LogP contribution in [0.25, 0.3) is 0 Å². The summed E-state index contributed by atoms with van der Waals surface area (Å²) in [5.74, 6) is -2.47. The van der Waals surface area contributed by atoms with Gasteiger partial charge in [-0.2, -0.15) is 5.01 Å². The third-order valence-electron chi connectivity index (χ3n) is 6.52. The van der Waals surface area contributed by atoms with E-state index in [4.69, 9.17) is 27.9 Å². The molecule has 2 aromatic carbocycles. The number of carbonyl (C=O) groups is 4. The Hall–Kier alpha value is -2.90. The van der Waals surface area contributed by atoms with Gasteiger partial charge in [-0.15, -0.1) is 0 Å². The van der Waals surface area contributed by atoms with Crippen molar-refractivity contribution in [3.05, 3.63) is 63.6 Å². The second-order valence-electron chi connectivity index (χ2n) is 8.53. The van der Waals surface area contributed by atoms with Crippen LogP contribution in [0.5, 0.6) is 5.75 Å². The van der Waals surface area contributed by atoms with Crippen LogP contribution in [0.4, 0.5) is 0 Å². The van der Waals surface area contributed by atoms with E-state index in [1.807, 2.05) is 0 Å². The predicted octanol–water partition coefficient (Wildman–Crippen LogP) is 4.81. The number of hydrazine groups is 1. The van der Waals surface area contributed by atoms with E-state index in [9.17, 15) is 19.2 Å². The summed E-state index contributed by atoms with van der Waals surface area (Å²) in [7, 11) is 1.51. The van der Waals surface area contributed by atoms with E-state index in [1.165, 1.54) is 32.2 Å². The number of rotatable bonds is 6. The van der Waals surface area contributed by atoms with E-state index in [-0.39, 0.29) is 10.6 Å². The Labute approximate surface area is 207 Å². The van der Waals surface area contributed by atoms with Gasteiger partial charge in [-0.25, -0.2) is 5.01 Å². The lowest BCUT2D eigenvalue weighted by molar-refractivity contribution is -0.156. The second-order valence-corrected chi connectivity index (χ2v) is 9.37. The Morgan fingerprint density at radius 1 is 1.00 bits per heavy atom. The molecule has 2 aliphatic rings.